The Morgan fingerprint density at radius 1 is 0.857 bits per heavy atom. The molecular weight excluding hydrogens is 436 g/mol. The first-order valence-corrected chi connectivity index (χ1v) is 11.0. The minimum atomic E-state index is 0.251. The second-order valence-corrected chi connectivity index (χ2v) is 8.04. The molecule has 0 aliphatic heterocycles. The third-order valence-corrected chi connectivity index (χ3v) is 5.83. The van der Waals surface area contributed by atoms with Gasteiger partial charge >= 0.3 is 0 Å². The smallest absolute Gasteiger partial charge is 0.155 e. The number of pyridine rings is 3. The molecule has 0 amide bonds. The van der Waals surface area contributed by atoms with Crippen molar-refractivity contribution in [3.05, 3.63) is 96.4 Å². The molecule has 0 fully saturated rings. The topological polar surface area (TPSA) is 119 Å². The second-order valence-electron chi connectivity index (χ2n) is 8.04. The lowest BCUT2D eigenvalue weighted by atomic mass is 9.94. The Kier molecular flexibility index (Phi) is 4.86. The van der Waals surface area contributed by atoms with E-state index in [0.717, 1.165) is 27.7 Å². The molecule has 166 valence electrons. The van der Waals surface area contributed by atoms with Crippen LogP contribution in [0.5, 0.6) is 0 Å². The van der Waals surface area contributed by atoms with Crippen LogP contribution in [0.15, 0.2) is 85.2 Å². The van der Waals surface area contributed by atoms with E-state index in [1.54, 1.807) is 23.3 Å². The molecule has 0 spiro atoms. The molecule has 6 rings (SSSR count). The zero-order valence-electron chi connectivity index (χ0n) is 18.5. The highest BCUT2D eigenvalue weighted by atomic mass is 15.5. The summed E-state index contributed by atoms with van der Waals surface area (Å²) in [5.74, 6) is 0.251. The molecule has 0 bridgehead atoms. The molecule has 0 saturated carbocycles. The number of anilines is 1. The van der Waals surface area contributed by atoms with Crippen LogP contribution in [0.3, 0.4) is 0 Å². The van der Waals surface area contributed by atoms with Gasteiger partial charge in [-0.25, -0.2) is 4.98 Å². The molecule has 6 aromatic rings. The lowest BCUT2D eigenvalue weighted by Crippen LogP contribution is -2.05. The van der Waals surface area contributed by atoms with Gasteiger partial charge in [0.1, 0.15) is 12.1 Å². The van der Waals surface area contributed by atoms with E-state index in [0.29, 0.717) is 34.4 Å². The molecule has 2 N–H and O–H groups in total. The zero-order chi connectivity index (χ0) is 23.8. The summed E-state index contributed by atoms with van der Waals surface area (Å²) in [6.07, 6.45) is 3.50. The molecule has 2 aromatic carbocycles. The van der Waals surface area contributed by atoms with Crippen molar-refractivity contribution in [1.29, 1.82) is 5.26 Å². The molecule has 0 unspecified atom stereocenters. The van der Waals surface area contributed by atoms with E-state index in [9.17, 15) is 5.26 Å². The molecule has 0 saturated heterocycles. The number of nitriles is 1. The number of hydrogen-bond donors (Lipinski definition) is 1. The van der Waals surface area contributed by atoms with Crippen LogP contribution in [0.25, 0.3) is 44.3 Å². The molecule has 0 atom stereocenters. The fourth-order valence-electron chi connectivity index (χ4n) is 4.22. The van der Waals surface area contributed by atoms with Gasteiger partial charge in [-0.15, -0.1) is 5.10 Å². The highest BCUT2D eigenvalue weighted by Gasteiger charge is 2.22. The monoisotopic (exact) mass is 454 g/mol. The number of nitrogen functional groups attached to an aromatic ring is 1. The maximum Gasteiger partial charge on any atom is 0.155 e. The van der Waals surface area contributed by atoms with Crippen molar-refractivity contribution in [2.45, 2.75) is 6.54 Å². The lowest BCUT2D eigenvalue weighted by molar-refractivity contribution is 0.591. The maximum atomic E-state index is 9.78. The third kappa shape index (κ3) is 3.61. The molecular formula is C27H18N8. The highest BCUT2D eigenvalue weighted by Crippen LogP contribution is 2.39. The molecule has 35 heavy (non-hydrogen) atoms. The summed E-state index contributed by atoms with van der Waals surface area (Å²) < 4.78 is 0. The van der Waals surface area contributed by atoms with Gasteiger partial charge < -0.3 is 5.73 Å². The Morgan fingerprint density at radius 3 is 2.54 bits per heavy atom. The minimum Gasteiger partial charge on any atom is -0.382 e. The normalized spacial score (nSPS) is 11.1. The summed E-state index contributed by atoms with van der Waals surface area (Å²) >= 11 is 0. The molecule has 8 heteroatoms. The number of hydrogen-bond acceptors (Lipinski definition) is 7. The first kappa shape index (κ1) is 20.4. The SMILES string of the molecule is N#Cc1ccccc1-c1nc(N)c2nn(Cc3ccccn3)nc2c1-c1ccc2ncccc2c1. The standard InChI is InChI=1S/C27H18N8/c28-15-19-6-1-2-9-21(19)24-23(18-10-11-22-17(14-18)7-5-13-31-22)25-26(27(29)32-24)34-35(33-25)16-20-8-3-4-12-30-20/h1-14H,16H2,(H2,29,32). The van der Waals surface area contributed by atoms with Crippen LogP contribution in [0.1, 0.15) is 11.3 Å². The van der Waals surface area contributed by atoms with Gasteiger partial charge in [0.15, 0.2) is 11.3 Å². The van der Waals surface area contributed by atoms with E-state index >= 15 is 0 Å². The van der Waals surface area contributed by atoms with Crippen LogP contribution in [-0.2, 0) is 6.54 Å². The molecule has 4 heterocycles. The quantitative estimate of drug-likeness (QED) is 0.413. The molecule has 0 radical (unpaired) electrons. The van der Waals surface area contributed by atoms with Crippen LogP contribution in [0.2, 0.25) is 0 Å². The fraction of sp³-hybridized carbons (Fsp3) is 0.0370. The molecule has 0 aliphatic carbocycles. The predicted octanol–water partition coefficient (Wildman–Crippen LogP) is 4.61. The maximum absolute atomic E-state index is 9.78. The molecule has 4 aromatic heterocycles. The van der Waals surface area contributed by atoms with Crippen molar-refractivity contribution in [2.24, 2.45) is 0 Å². The Balaban J connectivity index is 1.65. The second kappa shape index (κ2) is 8.32. The Bertz CT molecular complexity index is 1750. The minimum absolute atomic E-state index is 0.251. The Labute approximate surface area is 200 Å². The van der Waals surface area contributed by atoms with E-state index in [2.05, 4.69) is 21.1 Å². The largest absolute Gasteiger partial charge is 0.382 e. The van der Waals surface area contributed by atoms with Crippen LogP contribution in [0, 0.1) is 11.3 Å². The average Bonchev–Trinajstić information content (AvgIpc) is 3.33. The predicted molar refractivity (Wildman–Crippen MR) is 134 cm³/mol. The van der Waals surface area contributed by atoms with Crippen molar-refractivity contribution in [3.63, 3.8) is 0 Å². The average molecular weight is 454 g/mol. The van der Waals surface area contributed by atoms with E-state index < -0.39 is 0 Å². The van der Waals surface area contributed by atoms with Gasteiger partial charge in [-0.3, -0.25) is 9.97 Å². The Morgan fingerprint density at radius 2 is 1.69 bits per heavy atom. The number of benzene rings is 2. The summed E-state index contributed by atoms with van der Waals surface area (Å²) in [5.41, 5.74) is 12.6. The summed E-state index contributed by atoms with van der Waals surface area (Å²) in [7, 11) is 0. The lowest BCUT2D eigenvalue weighted by Gasteiger charge is -2.13. The number of aromatic nitrogens is 6. The fourth-order valence-corrected chi connectivity index (χ4v) is 4.22. The van der Waals surface area contributed by atoms with E-state index in [-0.39, 0.29) is 5.82 Å². The molecule has 0 aliphatic rings. The number of nitrogens with two attached hydrogens (primary N) is 1. The van der Waals surface area contributed by atoms with Gasteiger partial charge in [0, 0.05) is 28.9 Å². The number of rotatable bonds is 4. The summed E-state index contributed by atoms with van der Waals surface area (Å²) in [6, 6.07) is 25.2. The van der Waals surface area contributed by atoms with Crippen molar-refractivity contribution in [2.75, 3.05) is 5.73 Å². The zero-order valence-corrected chi connectivity index (χ0v) is 18.5. The van der Waals surface area contributed by atoms with Gasteiger partial charge in [0.25, 0.3) is 0 Å². The summed E-state index contributed by atoms with van der Waals surface area (Å²) in [4.78, 5) is 15.1. The van der Waals surface area contributed by atoms with Crippen LogP contribution in [0.4, 0.5) is 5.82 Å². The first-order valence-electron chi connectivity index (χ1n) is 11.0. The molecule has 8 nitrogen and oxygen atoms in total. The van der Waals surface area contributed by atoms with Crippen molar-refractivity contribution < 1.29 is 0 Å². The van der Waals surface area contributed by atoms with E-state index in [4.69, 9.17) is 15.8 Å². The number of nitrogens with zero attached hydrogens (tertiary/aromatic N) is 7. The van der Waals surface area contributed by atoms with Crippen molar-refractivity contribution in [1.82, 2.24) is 29.9 Å². The first-order chi connectivity index (χ1) is 17.2. The van der Waals surface area contributed by atoms with Gasteiger partial charge in [-0.05, 0) is 42.0 Å². The van der Waals surface area contributed by atoms with E-state index in [1.807, 2.05) is 66.7 Å². The van der Waals surface area contributed by atoms with Gasteiger partial charge in [-0.2, -0.15) is 15.2 Å². The summed E-state index contributed by atoms with van der Waals surface area (Å²) in [5, 5.41) is 20.2. The van der Waals surface area contributed by atoms with Crippen LogP contribution in [-0.4, -0.2) is 29.9 Å². The summed E-state index contributed by atoms with van der Waals surface area (Å²) in [6.45, 7) is 0.389. The van der Waals surface area contributed by atoms with Gasteiger partial charge in [0.05, 0.1) is 28.5 Å². The van der Waals surface area contributed by atoms with E-state index in [1.165, 1.54) is 0 Å². The van der Waals surface area contributed by atoms with Crippen molar-refractivity contribution in [3.8, 4) is 28.5 Å². The third-order valence-electron chi connectivity index (χ3n) is 5.83. The Hall–Kier alpha value is -5.16. The van der Waals surface area contributed by atoms with Crippen molar-refractivity contribution >= 4 is 27.8 Å². The van der Waals surface area contributed by atoms with Crippen LogP contribution >= 0.6 is 0 Å². The van der Waals surface area contributed by atoms with Gasteiger partial charge in [-0.1, -0.05) is 36.4 Å². The number of fused-ring (bicyclic) bond motifs is 2. The highest BCUT2D eigenvalue weighted by molar-refractivity contribution is 6.04. The van der Waals surface area contributed by atoms with Crippen LogP contribution < -0.4 is 5.73 Å². The van der Waals surface area contributed by atoms with Gasteiger partial charge in [0.2, 0.25) is 0 Å².